The van der Waals surface area contributed by atoms with Gasteiger partial charge in [-0.1, -0.05) is 24.4 Å². The molecular weight excluding hydrogens is 272 g/mol. The van der Waals surface area contributed by atoms with Gasteiger partial charge in [-0.05, 0) is 61.8 Å². The Labute approximate surface area is 124 Å². The minimum absolute atomic E-state index is 0.155. The molecule has 1 amide bonds. The molecule has 0 bridgehead atoms. The summed E-state index contributed by atoms with van der Waals surface area (Å²) in [5, 5.41) is 5.08. The Bertz CT molecular complexity index is 500. The number of nitrogens with zero attached hydrogens (tertiary/aromatic N) is 1. The molecule has 2 saturated carbocycles. The van der Waals surface area contributed by atoms with Crippen LogP contribution in [0.25, 0.3) is 0 Å². The zero-order chi connectivity index (χ0) is 13.9. The first-order valence-electron chi connectivity index (χ1n) is 7.37. The Balaban J connectivity index is 1.67. The third-order valence-corrected chi connectivity index (χ3v) is 4.69. The van der Waals surface area contributed by atoms with E-state index in [1.807, 2.05) is 0 Å². The van der Waals surface area contributed by atoms with Crippen LogP contribution in [-0.2, 0) is 0 Å². The van der Waals surface area contributed by atoms with Crippen LogP contribution in [0.3, 0.4) is 0 Å². The molecule has 0 aliphatic heterocycles. The number of carbonyl (C=O) groups excluding carboxylic acids is 1. The van der Waals surface area contributed by atoms with E-state index in [4.69, 9.17) is 11.6 Å². The lowest BCUT2D eigenvalue weighted by Gasteiger charge is -2.35. The van der Waals surface area contributed by atoms with Gasteiger partial charge in [0, 0.05) is 16.3 Å². The van der Waals surface area contributed by atoms with E-state index in [2.05, 4.69) is 10.5 Å². The normalized spacial score (nSPS) is 18.9. The molecule has 0 unspecified atom stereocenters. The molecule has 3 rings (SSSR count). The SMILES string of the molecule is O=C(NN=C(C1CCC1)C1CCC1)c1ccc(Cl)cc1. The van der Waals surface area contributed by atoms with E-state index in [9.17, 15) is 4.79 Å². The van der Waals surface area contributed by atoms with Crippen molar-refractivity contribution in [1.29, 1.82) is 0 Å². The largest absolute Gasteiger partial charge is 0.271 e. The number of amides is 1. The fourth-order valence-electron chi connectivity index (χ4n) is 2.71. The zero-order valence-corrected chi connectivity index (χ0v) is 12.2. The number of nitrogens with one attached hydrogen (secondary N) is 1. The van der Waals surface area contributed by atoms with Gasteiger partial charge in [-0.15, -0.1) is 0 Å². The average Bonchev–Trinajstić information content (AvgIpc) is 2.32. The Morgan fingerprint density at radius 3 is 2.05 bits per heavy atom. The van der Waals surface area contributed by atoms with Crippen LogP contribution in [0.2, 0.25) is 5.02 Å². The van der Waals surface area contributed by atoms with Crippen LogP contribution in [0.4, 0.5) is 0 Å². The number of benzene rings is 1. The summed E-state index contributed by atoms with van der Waals surface area (Å²) in [6.07, 6.45) is 7.50. The molecule has 2 aliphatic carbocycles. The Morgan fingerprint density at radius 2 is 1.60 bits per heavy atom. The van der Waals surface area contributed by atoms with Gasteiger partial charge in [0.05, 0.1) is 0 Å². The van der Waals surface area contributed by atoms with Crippen molar-refractivity contribution < 1.29 is 4.79 Å². The maximum Gasteiger partial charge on any atom is 0.271 e. The predicted octanol–water partition coefficient (Wildman–Crippen LogP) is 4.03. The first-order chi connectivity index (χ1) is 9.74. The van der Waals surface area contributed by atoms with E-state index in [1.165, 1.54) is 44.2 Å². The van der Waals surface area contributed by atoms with Gasteiger partial charge < -0.3 is 0 Å². The van der Waals surface area contributed by atoms with Gasteiger partial charge in [0.15, 0.2) is 0 Å². The third-order valence-electron chi connectivity index (χ3n) is 4.44. The lowest BCUT2D eigenvalue weighted by molar-refractivity contribution is 0.0954. The quantitative estimate of drug-likeness (QED) is 0.660. The number of hydrogen-bond acceptors (Lipinski definition) is 2. The van der Waals surface area contributed by atoms with E-state index in [0.717, 1.165) is 0 Å². The molecule has 2 aliphatic rings. The monoisotopic (exact) mass is 290 g/mol. The van der Waals surface area contributed by atoms with Gasteiger partial charge in [-0.2, -0.15) is 5.10 Å². The van der Waals surface area contributed by atoms with Gasteiger partial charge >= 0.3 is 0 Å². The number of hydrogen-bond donors (Lipinski definition) is 1. The summed E-state index contributed by atoms with van der Waals surface area (Å²) in [7, 11) is 0. The Kier molecular flexibility index (Phi) is 4.06. The van der Waals surface area contributed by atoms with Crippen molar-refractivity contribution in [2.45, 2.75) is 38.5 Å². The fraction of sp³-hybridized carbons (Fsp3) is 0.500. The van der Waals surface area contributed by atoms with Crippen molar-refractivity contribution in [2.75, 3.05) is 0 Å². The van der Waals surface area contributed by atoms with Gasteiger partial charge in [-0.3, -0.25) is 4.79 Å². The van der Waals surface area contributed by atoms with Gasteiger partial charge in [0.2, 0.25) is 0 Å². The van der Waals surface area contributed by atoms with Gasteiger partial charge in [0.1, 0.15) is 0 Å². The topological polar surface area (TPSA) is 41.5 Å². The third kappa shape index (κ3) is 2.88. The second-order valence-electron chi connectivity index (χ2n) is 5.74. The summed E-state index contributed by atoms with van der Waals surface area (Å²) in [5.74, 6) is 1.05. The van der Waals surface area contributed by atoms with E-state index in [-0.39, 0.29) is 5.91 Å². The number of carbonyl (C=O) groups is 1. The zero-order valence-electron chi connectivity index (χ0n) is 11.4. The molecule has 0 radical (unpaired) electrons. The molecule has 4 heteroatoms. The van der Waals surface area contributed by atoms with Crippen LogP contribution in [0.1, 0.15) is 48.9 Å². The highest BCUT2D eigenvalue weighted by Gasteiger charge is 2.32. The minimum Gasteiger partial charge on any atom is -0.267 e. The maximum atomic E-state index is 12.1. The van der Waals surface area contributed by atoms with Crippen molar-refractivity contribution in [3.8, 4) is 0 Å². The summed E-state index contributed by atoms with van der Waals surface area (Å²) < 4.78 is 0. The molecule has 20 heavy (non-hydrogen) atoms. The molecule has 1 aromatic carbocycles. The van der Waals surface area contributed by atoms with Crippen molar-refractivity contribution in [3.05, 3.63) is 34.9 Å². The van der Waals surface area contributed by atoms with Gasteiger partial charge in [0.25, 0.3) is 5.91 Å². The lowest BCUT2D eigenvalue weighted by atomic mass is 9.71. The van der Waals surface area contributed by atoms with Crippen LogP contribution in [0.5, 0.6) is 0 Å². The highest BCUT2D eigenvalue weighted by Crippen LogP contribution is 2.37. The molecule has 3 nitrogen and oxygen atoms in total. The minimum atomic E-state index is -0.155. The smallest absolute Gasteiger partial charge is 0.267 e. The maximum absolute atomic E-state index is 12.1. The lowest BCUT2D eigenvalue weighted by Crippen LogP contribution is -2.35. The first kappa shape index (κ1) is 13.6. The molecule has 1 N–H and O–H groups in total. The summed E-state index contributed by atoms with van der Waals surface area (Å²) in [4.78, 5) is 12.1. The molecule has 2 fully saturated rings. The predicted molar refractivity (Wildman–Crippen MR) is 81.0 cm³/mol. The first-order valence-corrected chi connectivity index (χ1v) is 7.75. The Morgan fingerprint density at radius 1 is 1.05 bits per heavy atom. The van der Waals surface area contributed by atoms with Crippen LogP contribution in [0.15, 0.2) is 29.4 Å². The second kappa shape index (κ2) is 5.96. The highest BCUT2D eigenvalue weighted by atomic mass is 35.5. The molecule has 0 atom stereocenters. The summed E-state index contributed by atoms with van der Waals surface area (Å²) in [5.41, 5.74) is 4.55. The van der Waals surface area contributed by atoms with Crippen molar-refractivity contribution in [3.63, 3.8) is 0 Å². The standard InChI is InChI=1S/C16H19ClN2O/c17-14-9-7-13(8-10-14)16(20)19-18-15(11-3-1-4-11)12-5-2-6-12/h7-12H,1-6H2,(H,19,20). The number of rotatable bonds is 4. The molecule has 106 valence electrons. The summed E-state index contributed by atoms with van der Waals surface area (Å²) >= 11 is 5.82. The second-order valence-corrected chi connectivity index (χ2v) is 6.18. The van der Waals surface area contributed by atoms with Crippen molar-refractivity contribution in [2.24, 2.45) is 16.9 Å². The van der Waals surface area contributed by atoms with E-state index in [0.29, 0.717) is 22.4 Å². The van der Waals surface area contributed by atoms with Crippen LogP contribution < -0.4 is 5.43 Å². The molecular formula is C16H19ClN2O. The van der Waals surface area contributed by atoms with Crippen LogP contribution in [0, 0.1) is 11.8 Å². The fourth-order valence-corrected chi connectivity index (χ4v) is 2.83. The van der Waals surface area contributed by atoms with Crippen molar-refractivity contribution in [1.82, 2.24) is 5.43 Å². The van der Waals surface area contributed by atoms with E-state index in [1.54, 1.807) is 24.3 Å². The number of hydrazone groups is 1. The Hall–Kier alpha value is -1.35. The molecule has 1 aromatic rings. The van der Waals surface area contributed by atoms with Crippen molar-refractivity contribution >= 4 is 23.2 Å². The molecule has 0 spiro atoms. The van der Waals surface area contributed by atoms with Crippen LogP contribution >= 0.6 is 11.6 Å². The van der Waals surface area contributed by atoms with Crippen LogP contribution in [-0.4, -0.2) is 11.6 Å². The average molecular weight is 291 g/mol. The summed E-state index contributed by atoms with van der Waals surface area (Å²) in [6.45, 7) is 0. The molecule has 0 heterocycles. The highest BCUT2D eigenvalue weighted by molar-refractivity contribution is 6.30. The van der Waals surface area contributed by atoms with E-state index < -0.39 is 0 Å². The van der Waals surface area contributed by atoms with E-state index >= 15 is 0 Å². The summed E-state index contributed by atoms with van der Waals surface area (Å²) in [6, 6.07) is 6.89. The molecule has 0 aromatic heterocycles. The van der Waals surface area contributed by atoms with Gasteiger partial charge in [-0.25, -0.2) is 5.43 Å². The number of halogens is 1. The molecule has 0 saturated heterocycles.